The number of carbonyl (C=O) groups is 1. The first-order chi connectivity index (χ1) is 8.83. The number of thiophene rings is 1. The number of anilines is 1. The Morgan fingerprint density at radius 2 is 1.94 bits per heavy atom. The van der Waals surface area contributed by atoms with Gasteiger partial charge in [-0.05, 0) is 23.6 Å². The van der Waals surface area contributed by atoms with Crippen LogP contribution < -0.4 is 4.90 Å². The van der Waals surface area contributed by atoms with Gasteiger partial charge >= 0.3 is 0 Å². The van der Waals surface area contributed by atoms with Crippen LogP contribution in [-0.2, 0) is 4.79 Å². The highest BCUT2D eigenvalue weighted by atomic mass is 32.1. The molecule has 3 nitrogen and oxygen atoms in total. The van der Waals surface area contributed by atoms with Crippen molar-refractivity contribution in [3.05, 3.63) is 52.7 Å². The highest BCUT2D eigenvalue weighted by Gasteiger charge is 2.48. The number of amides is 1. The highest BCUT2D eigenvalue weighted by molar-refractivity contribution is 7.10. The largest absolute Gasteiger partial charge is 0.395 e. The van der Waals surface area contributed by atoms with E-state index in [9.17, 15) is 9.90 Å². The van der Waals surface area contributed by atoms with Gasteiger partial charge in [0, 0.05) is 10.6 Å². The summed E-state index contributed by atoms with van der Waals surface area (Å²) in [6.45, 7) is -0.0925. The van der Waals surface area contributed by atoms with Crippen LogP contribution in [0.2, 0.25) is 0 Å². The zero-order chi connectivity index (χ0) is 12.5. The molecule has 1 N–H and O–H groups in total. The molecule has 1 saturated heterocycles. The summed E-state index contributed by atoms with van der Waals surface area (Å²) in [5, 5.41) is 11.3. The summed E-state index contributed by atoms with van der Waals surface area (Å²) >= 11 is 1.62. The summed E-state index contributed by atoms with van der Waals surface area (Å²) in [5.41, 5.74) is 0.894. The average Bonchev–Trinajstić information content (AvgIpc) is 2.91. The van der Waals surface area contributed by atoms with Gasteiger partial charge in [0.15, 0.2) is 0 Å². The van der Waals surface area contributed by atoms with Crippen molar-refractivity contribution < 1.29 is 9.90 Å². The van der Waals surface area contributed by atoms with Crippen molar-refractivity contribution in [2.24, 2.45) is 5.92 Å². The summed E-state index contributed by atoms with van der Waals surface area (Å²) in [4.78, 5) is 15.0. The lowest BCUT2D eigenvalue weighted by Gasteiger charge is -2.46. The number of rotatable bonds is 3. The van der Waals surface area contributed by atoms with Gasteiger partial charge in [-0.25, -0.2) is 0 Å². The minimum atomic E-state index is -0.302. The first kappa shape index (κ1) is 11.4. The van der Waals surface area contributed by atoms with Crippen molar-refractivity contribution in [2.75, 3.05) is 11.5 Å². The van der Waals surface area contributed by atoms with Crippen LogP contribution in [0.1, 0.15) is 10.9 Å². The molecule has 0 spiro atoms. The number of hydrogen-bond donors (Lipinski definition) is 1. The molecule has 2 aromatic rings. The van der Waals surface area contributed by atoms with E-state index in [0.29, 0.717) is 0 Å². The third-order valence-electron chi connectivity index (χ3n) is 3.28. The standard InChI is InChI=1S/C14H13NO2S/c16-9-11-13(12-7-4-8-18-12)15(14(11)17)10-5-2-1-3-6-10/h1-8,11,13,16H,9H2/t11-,13-/m1/s1. The zero-order valence-corrected chi connectivity index (χ0v) is 10.5. The average molecular weight is 259 g/mol. The summed E-state index contributed by atoms with van der Waals surface area (Å²) in [6, 6.07) is 13.6. The van der Waals surface area contributed by atoms with E-state index in [1.54, 1.807) is 16.2 Å². The molecule has 4 heteroatoms. The van der Waals surface area contributed by atoms with Crippen molar-refractivity contribution in [3.8, 4) is 0 Å². The molecule has 18 heavy (non-hydrogen) atoms. The second-order valence-corrected chi connectivity index (χ2v) is 5.27. The molecule has 1 aromatic heterocycles. The van der Waals surface area contributed by atoms with Crippen LogP contribution in [0.3, 0.4) is 0 Å². The predicted octanol–water partition coefficient (Wildman–Crippen LogP) is 2.44. The number of benzene rings is 1. The van der Waals surface area contributed by atoms with Gasteiger partial charge in [0.2, 0.25) is 5.91 Å². The molecule has 0 aliphatic carbocycles. The van der Waals surface area contributed by atoms with Crippen molar-refractivity contribution in [1.82, 2.24) is 0 Å². The van der Waals surface area contributed by atoms with Crippen LogP contribution >= 0.6 is 11.3 Å². The van der Waals surface area contributed by atoms with Gasteiger partial charge in [-0.3, -0.25) is 4.79 Å². The Morgan fingerprint density at radius 1 is 1.17 bits per heavy atom. The molecule has 1 aliphatic rings. The monoisotopic (exact) mass is 259 g/mol. The number of aliphatic hydroxyl groups excluding tert-OH is 1. The third-order valence-corrected chi connectivity index (χ3v) is 4.22. The molecule has 1 amide bonds. The zero-order valence-electron chi connectivity index (χ0n) is 9.69. The fourth-order valence-electron chi connectivity index (χ4n) is 2.39. The number of aliphatic hydroxyl groups is 1. The molecule has 0 unspecified atom stereocenters. The molecule has 1 aliphatic heterocycles. The van der Waals surface area contributed by atoms with Crippen molar-refractivity contribution >= 4 is 22.9 Å². The topological polar surface area (TPSA) is 40.5 Å². The third kappa shape index (κ3) is 1.65. The van der Waals surface area contributed by atoms with Crippen LogP contribution in [0, 0.1) is 5.92 Å². The molecule has 3 rings (SSSR count). The van der Waals surface area contributed by atoms with Gasteiger partial charge < -0.3 is 10.0 Å². The van der Waals surface area contributed by atoms with E-state index in [4.69, 9.17) is 0 Å². The lowest BCUT2D eigenvalue weighted by Crippen LogP contribution is -2.56. The Hall–Kier alpha value is -1.65. The van der Waals surface area contributed by atoms with E-state index in [2.05, 4.69) is 0 Å². The molecule has 2 heterocycles. The fraction of sp³-hybridized carbons (Fsp3) is 0.214. The van der Waals surface area contributed by atoms with E-state index >= 15 is 0 Å². The molecule has 0 saturated carbocycles. The van der Waals surface area contributed by atoms with Crippen molar-refractivity contribution in [2.45, 2.75) is 6.04 Å². The Balaban J connectivity index is 1.96. The Morgan fingerprint density at radius 3 is 2.56 bits per heavy atom. The first-order valence-electron chi connectivity index (χ1n) is 5.85. The Bertz CT molecular complexity index is 538. The normalized spacial score (nSPS) is 22.9. The van der Waals surface area contributed by atoms with Gasteiger partial charge in [0.1, 0.15) is 0 Å². The van der Waals surface area contributed by atoms with E-state index in [0.717, 1.165) is 10.6 Å². The van der Waals surface area contributed by atoms with E-state index in [-0.39, 0.29) is 24.5 Å². The Labute approximate surface area is 109 Å². The van der Waals surface area contributed by atoms with E-state index < -0.39 is 0 Å². The fourth-order valence-corrected chi connectivity index (χ4v) is 3.27. The lowest BCUT2D eigenvalue weighted by atomic mass is 9.86. The van der Waals surface area contributed by atoms with Gasteiger partial charge in [-0.1, -0.05) is 24.3 Å². The van der Waals surface area contributed by atoms with Gasteiger partial charge in [-0.2, -0.15) is 0 Å². The van der Waals surface area contributed by atoms with E-state index in [1.165, 1.54) is 0 Å². The maximum Gasteiger partial charge on any atom is 0.235 e. The van der Waals surface area contributed by atoms with Crippen LogP contribution in [0.5, 0.6) is 0 Å². The van der Waals surface area contributed by atoms with Crippen LogP contribution in [0.15, 0.2) is 47.8 Å². The number of β-lactam (4-membered cyclic amide) rings is 1. The molecular formula is C14H13NO2S. The quantitative estimate of drug-likeness (QED) is 0.860. The predicted molar refractivity (Wildman–Crippen MR) is 71.6 cm³/mol. The first-order valence-corrected chi connectivity index (χ1v) is 6.73. The molecular weight excluding hydrogens is 246 g/mol. The summed E-state index contributed by atoms with van der Waals surface area (Å²) in [6.07, 6.45) is 0. The minimum Gasteiger partial charge on any atom is -0.395 e. The van der Waals surface area contributed by atoms with E-state index in [1.807, 2.05) is 47.8 Å². The second kappa shape index (κ2) is 4.55. The molecule has 2 atom stereocenters. The van der Waals surface area contributed by atoms with Gasteiger partial charge in [0.25, 0.3) is 0 Å². The molecule has 92 valence electrons. The van der Waals surface area contributed by atoms with Gasteiger partial charge in [-0.15, -0.1) is 11.3 Å². The SMILES string of the molecule is O=C1[C@H](CO)[C@H](c2cccs2)N1c1ccccc1. The van der Waals surface area contributed by atoms with Crippen LogP contribution in [0.4, 0.5) is 5.69 Å². The Kier molecular flexibility index (Phi) is 2.89. The maximum absolute atomic E-state index is 12.1. The summed E-state index contributed by atoms with van der Waals surface area (Å²) in [7, 11) is 0. The number of para-hydroxylation sites is 1. The molecule has 0 bridgehead atoms. The molecule has 0 radical (unpaired) electrons. The molecule has 1 fully saturated rings. The maximum atomic E-state index is 12.1. The second-order valence-electron chi connectivity index (χ2n) is 4.29. The lowest BCUT2D eigenvalue weighted by molar-refractivity contribution is -0.132. The number of nitrogens with zero attached hydrogens (tertiary/aromatic N) is 1. The van der Waals surface area contributed by atoms with Crippen molar-refractivity contribution in [3.63, 3.8) is 0 Å². The van der Waals surface area contributed by atoms with Gasteiger partial charge in [0.05, 0.1) is 18.6 Å². The van der Waals surface area contributed by atoms with Crippen LogP contribution in [-0.4, -0.2) is 17.6 Å². The smallest absolute Gasteiger partial charge is 0.235 e. The minimum absolute atomic E-state index is 0.00194. The number of carbonyl (C=O) groups excluding carboxylic acids is 1. The van der Waals surface area contributed by atoms with Crippen molar-refractivity contribution in [1.29, 1.82) is 0 Å². The summed E-state index contributed by atoms with van der Waals surface area (Å²) < 4.78 is 0. The summed E-state index contributed by atoms with van der Waals surface area (Å²) in [5.74, 6) is -0.300. The molecule has 1 aromatic carbocycles. The highest BCUT2D eigenvalue weighted by Crippen LogP contribution is 2.44. The van der Waals surface area contributed by atoms with Crippen LogP contribution in [0.25, 0.3) is 0 Å². The number of hydrogen-bond acceptors (Lipinski definition) is 3.